The first-order chi connectivity index (χ1) is 7.24. The zero-order valence-corrected chi connectivity index (χ0v) is 9.09. The average Bonchev–Trinajstić information content (AvgIpc) is 2.17. The maximum Gasteiger partial charge on any atom is 0.214 e. The fourth-order valence-corrected chi connectivity index (χ4v) is 2.12. The predicted octanol–water partition coefficient (Wildman–Crippen LogP) is 3.21. The first-order valence-corrected chi connectivity index (χ1v) is 5.61. The fourth-order valence-electron chi connectivity index (χ4n) is 2.12. The van der Waals surface area contributed by atoms with Gasteiger partial charge in [-0.3, -0.25) is 0 Å². The second-order valence-electron chi connectivity index (χ2n) is 4.41. The van der Waals surface area contributed by atoms with Gasteiger partial charge in [0.15, 0.2) is 0 Å². The van der Waals surface area contributed by atoms with E-state index in [1.165, 1.54) is 31.7 Å². The summed E-state index contributed by atoms with van der Waals surface area (Å²) < 4.78 is 12.8. The Labute approximate surface area is 89.9 Å². The zero-order valence-electron chi connectivity index (χ0n) is 9.09. The number of pyridine rings is 1. The normalized spacial score (nSPS) is 18.3. The van der Waals surface area contributed by atoms with Crippen LogP contribution in [0.5, 0.6) is 0 Å². The third-order valence-electron chi connectivity index (χ3n) is 3.52. The van der Waals surface area contributed by atoms with Crippen molar-refractivity contribution in [2.45, 2.75) is 32.6 Å². The van der Waals surface area contributed by atoms with E-state index in [0.29, 0.717) is 11.2 Å². The molecule has 2 rings (SSSR count). The first-order valence-electron chi connectivity index (χ1n) is 5.61. The van der Waals surface area contributed by atoms with Gasteiger partial charge in [-0.1, -0.05) is 19.4 Å². The van der Waals surface area contributed by atoms with Gasteiger partial charge in [0.05, 0.1) is 0 Å². The van der Waals surface area contributed by atoms with Crippen LogP contribution in [0.15, 0.2) is 18.2 Å². The van der Waals surface area contributed by atoms with Crippen molar-refractivity contribution in [3.63, 3.8) is 0 Å². The lowest BCUT2D eigenvalue weighted by atomic mass is 9.67. The Kier molecular flexibility index (Phi) is 2.89. The van der Waals surface area contributed by atoms with E-state index in [4.69, 9.17) is 0 Å². The van der Waals surface area contributed by atoms with Crippen molar-refractivity contribution in [1.82, 2.24) is 4.98 Å². The van der Waals surface area contributed by atoms with Gasteiger partial charge in [0, 0.05) is 6.54 Å². The summed E-state index contributed by atoms with van der Waals surface area (Å²) in [4.78, 5) is 3.79. The largest absolute Gasteiger partial charge is 0.369 e. The summed E-state index contributed by atoms with van der Waals surface area (Å²) in [5.41, 5.74) is 0.438. The molecule has 0 saturated heterocycles. The molecule has 0 radical (unpaired) electrons. The Morgan fingerprint density at radius 3 is 2.80 bits per heavy atom. The van der Waals surface area contributed by atoms with E-state index in [2.05, 4.69) is 17.2 Å². The van der Waals surface area contributed by atoms with E-state index in [1.807, 2.05) is 6.07 Å². The van der Waals surface area contributed by atoms with Crippen molar-refractivity contribution in [2.24, 2.45) is 5.41 Å². The quantitative estimate of drug-likeness (QED) is 0.768. The maximum atomic E-state index is 12.8. The minimum atomic E-state index is -0.417. The highest BCUT2D eigenvalue weighted by molar-refractivity contribution is 5.34. The van der Waals surface area contributed by atoms with Crippen LogP contribution in [0.3, 0.4) is 0 Å². The van der Waals surface area contributed by atoms with E-state index in [9.17, 15) is 4.39 Å². The number of nitrogens with zero attached hydrogens (tertiary/aromatic N) is 1. The molecular formula is C12H17FN2. The van der Waals surface area contributed by atoms with Gasteiger partial charge in [-0.2, -0.15) is 4.39 Å². The van der Waals surface area contributed by atoms with Crippen LogP contribution in [-0.4, -0.2) is 11.5 Å². The molecule has 1 aromatic rings. The summed E-state index contributed by atoms with van der Waals surface area (Å²) in [5, 5.41) is 3.23. The number of anilines is 1. The molecule has 0 aliphatic heterocycles. The van der Waals surface area contributed by atoms with E-state index in [1.54, 1.807) is 6.07 Å². The molecule has 1 aliphatic carbocycles. The van der Waals surface area contributed by atoms with Crippen LogP contribution in [0.2, 0.25) is 0 Å². The lowest BCUT2D eigenvalue weighted by Gasteiger charge is -2.41. The molecule has 0 aromatic carbocycles. The second-order valence-corrected chi connectivity index (χ2v) is 4.41. The van der Waals surface area contributed by atoms with Gasteiger partial charge < -0.3 is 5.32 Å². The topological polar surface area (TPSA) is 24.9 Å². The first kappa shape index (κ1) is 10.4. The molecule has 0 unspecified atom stereocenters. The Balaban J connectivity index is 1.92. The summed E-state index contributed by atoms with van der Waals surface area (Å²) in [6.07, 6.45) is 5.08. The summed E-state index contributed by atoms with van der Waals surface area (Å²) in [6.45, 7) is 3.14. The Hall–Kier alpha value is -1.12. The standard InChI is InChI=1S/C12H17FN2/c1-2-12(7-4-8-12)9-14-11-6-3-5-10(13)15-11/h3,5-6H,2,4,7-9H2,1H3,(H,14,15). The van der Waals surface area contributed by atoms with Gasteiger partial charge in [0.25, 0.3) is 0 Å². The molecule has 1 fully saturated rings. The highest BCUT2D eigenvalue weighted by Gasteiger charge is 2.34. The molecule has 0 atom stereocenters. The summed E-state index contributed by atoms with van der Waals surface area (Å²) in [5.74, 6) is 0.230. The van der Waals surface area contributed by atoms with Crippen molar-refractivity contribution < 1.29 is 4.39 Å². The van der Waals surface area contributed by atoms with Crippen molar-refractivity contribution >= 4 is 5.82 Å². The molecular weight excluding hydrogens is 191 g/mol. The van der Waals surface area contributed by atoms with Crippen LogP contribution in [0.4, 0.5) is 10.2 Å². The van der Waals surface area contributed by atoms with Crippen LogP contribution in [0.25, 0.3) is 0 Å². The molecule has 3 heteroatoms. The van der Waals surface area contributed by atoms with Crippen molar-refractivity contribution in [1.29, 1.82) is 0 Å². The highest BCUT2D eigenvalue weighted by atomic mass is 19.1. The van der Waals surface area contributed by atoms with E-state index in [0.717, 1.165) is 6.54 Å². The summed E-state index contributed by atoms with van der Waals surface area (Å²) in [7, 11) is 0. The molecule has 1 saturated carbocycles. The van der Waals surface area contributed by atoms with Crippen LogP contribution < -0.4 is 5.32 Å². The second kappa shape index (κ2) is 4.17. The zero-order chi connectivity index (χ0) is 10.7. The highest BCUT2D eigenvalue weighted by Crippen LogP contribution is 2.43. The van der Waals surface area contributed by atoms with Crippen LogP contribution in [0.1, 0.15) is 32.6 Å². The molecule has 1 N–H and O–H groups in total. The van der Waals surface area contributed by atoms with Gasteiger partial charge in [-0.15, -0.1) is 0 Å². The SMILES string of the molecule is CCC1(CNc2cccc(F)n2)CCC1. The third-order valence-corrected chi connectivity index (χ3v) is 3.52. The smallest absolute Gasteiger partial charge is 0.214 e. The molecule has 0 spiro atoms. The minimum Gasteiger partial charge on any atom is -0.369 e. The number of aromatic nitrogens is 1. The number of hydrogen-bond acceptors (Lipinski definition) is 2. The molecule has 1 aliphatic rings. The molecule has 2 nitrogen and oxygen atoms in total. The molecule has 1 aromatic heterocycles. The van der Waals surface area contributed by atoms with Gasteiger partial charge >= 0.3 is 0 Å². The third kappa shape index (κ3) is 2.28. The van der Waals surface area contributed by atoms with Crippen LogP contribution >= 0.6 is 0 Å². The van der Waals surface area contributed by atoms with Crippen LogP contribution in [0, 0.1) is 11.4 Å². The van der Waals surface area contributed by atoms with Gasteiger partial charge in [0.2, 0.25) is 5.95 Å². The van der Waals surface area contributed by atoms with E-state index >= 15 is 0 Å². The number of nitrogens with one attached hydrogen (secondary N) is 1. The molecule has 1 heterocycles. The minimum absolute atomic E-state index is 0.417. The monoisotopic (exact) mass is 208 g/mol. The molecule has 0 amide bonds. The van der Waals surface area contributed by atoms with Crippen LogP contribution in [-0.2, 0) is 0 Å². The number of hydrogen-bond donors (Lipinski definition) is 1. The van der Waals surface area contributed by atoms with Crippen molar-refractivity contribution in [3.8, 4) is 0 Å². The van der Waals surface area contributed by atoms with E-state index < -0.39 is 5.95 Å². The summed E-state index contributed by atoms with van der Waals surface area (Å²) >= 11 is 0. The Bertz CT molecular complexity index is 329. The lowest BCUT2D eigenvalue weighted by Crippen LogP contribution is -2.36. The number of halogens is 1. The molecule has 15 heavy (non-hydrogen) atoms. The lowest BCUT2D eigenvalue weighted by molar-refractivity contribution is 0.145. The van der Waals surface area contributed by atoms with Gasteiger partial charge in [-0.25, -0.2) is 4.98 Å². The van der Waals surface area contributed by atoms with Crippen molar-refractivity contribution in [3.05, 3.63) is 24.1 Å². The number of rotatable bonds is 4. The van der Waals surface area contributed by atoms with E-state index in [-0.39, 0.29) is 0 Å². The molecule has 0 bridgehead atoms. The molecule has 82 valence electrons. The summed E-state index contributed by atoms with van der Waals surface area (Å²) in [6, 6.07) is 4.86. The maximum absolute atomic E-state index is 12.8. The average molecular weight is 208 g/mol. The fraction of sp³-hybridized carbons (Fsp3) is 0.583. The van der Waals surface area contributed by atoms with Gasteiger partial charge in [-0.05, 0) is 36.8 Å². The van der Waals surface area contributed by atoms with Crippen molar-refractivity contribution in [2.75, 3.05) is 11.9 Å². The van der Waals surface area contributed by atoms with Gasteiger partial charge in [0.1, 0.15) is 5.82 Å². The Morgan fingerprint density at radius 2 is 2.27 bits per heavy atom. The Morgan fingerprint density at radius 1 is 1.47 bits per heavy atom. The predicted molar refractivity (Wildman–Crippen MR) is 59.3 cm³/mol.